The van der Waals surface area contributed by atoms with Crippen LogP contribution in [-0.2, 0) is 0 Å². The van der Waals surface area contributed by atoms with Crippen molar-refractivity contribution in [1.29, 1.82) is 0 Å². The molecule has 1 aliphatic rings. The zero-order valence-electron chi connectivity index (χ0n) is 13.2. The number of nitrogens with zero attached hydrogens (tertiary/aromatic N) is 4. The predicted molar refractivity (Wildman–Crippen MR) is 92.1 cm³/mol. The summed E-state index contributed by atoms with van der Waals surface area (Å²) < 4.78 is 30.6. The number of hydrogen-bond acceptors (Lipinski definition) is 5. The summed E-state index contributed by atoms with van der Waals surface area (Å²) >= 11 is 6.11. The largest absolute Gasteiger partial charge is 0.435 e. The van der Waals surface area contributed by atoms with Crippen molar-refractivity contribution in [2.75, 3.05) is 5.32 Å². The number of anilines is 1. The van der Waals surface area contributed by atoms with Crippen LogP contribution in [0.25, 0.3) is 5.70 Å². The molecule has 1 unspecified atom stereocenters. The van der Waals surface area contributed by atoms with E-state index in [1.165, 1.54) is 12.1 Å². The lowest BCUT2D eigenvalue weighted by molar-refractivity contribution is -0.0498. The molecule has 26 heavy (non-hydrogen) atoms. The molecule has 1 atom stereocenters. The SMILES string of the molecule is FC(F)Oc1ccc(C2=CC(c3cccc(Cl)c3)n3nnnc3N2)cc1. The summed E-state index contributed by atoms with van der Waals surface area (Å²) in [5.41, 5.74) is 2.46. The molecule has 0 saturated heterocycles. The molecule has 4 rings (SSSR count). The number of fused-ring (bicyclic) bond motifs is 1. The van der Waals surface area contributed by atoms with Gasteiger partial charge in [0.05, 0.1) is 0 Å². The van der Waals surface area contributed by atoms with Gasteiger partial charge >= 0.3 is 6.61 Å². The van der Waals surface area contributed by atoms with E-state index in [-0.39, 0.29) is 11.8 Å². The molecule has 1 aromatic heterocycles. The molecule has 6 nitrogen and oxygen atoms in total. The van der Waals surface area contributed by atoms with Gasteiger partial charge in [-0.1, -0.05) is 28.8 Å². The van der Waals surface area contributed by atoms with Gasteiger partial charge in [-0.15, -0.1) is 0 Å². The minimum Gasteiger partial charge on any atom is -0.435 e. The Labute approximate surface area is 152 Å². The number of alkyl halides is 2. The number of rotatable bonds is 4. The number of aromatic nitrogens is 4. The predicted octanol–water partition coefficient (Wildman–Crippen LogP) is 3.98. The summed E-state index contributed by atoms with van der Waals surface area (Å²) in [5.74, 6) is 0.566. The highest BCUT2D eigenvalue weighted by molar-refractivity contribution is 6.30. The molecule has 3 aromatic rings. The maximum absolute atomic E-state index is 12.3. The van der Waals surface area contributed by atoms with Gasteiger partial charge in [-0.25, -0.2) is 0 Å². The summed E-state index contributed by atoms with van der Waals surface area (Å²) in [7, 11) is 0. The van der Waals surface area contributed by atoms with Crippen LogP contribution in [0.15, 0.2) is 54.6 Å². The Kier molecular flexibility index (Phi) is 4.26. The smallest absolute Gasteiger partial charge is 0.387 e. The lowest BCUT2D eigenvalue weighted by atomic mass is 10.0. The minimum atomic E-state index is -2.86. The Morgan fingerprint density at radius 2 is 1.96 bits per heavy atom. The number of nitrogens with one attached hydrogen (secondary N) is 1. The number of tetrazole rings is 1. The fourth-order valence-electron chi connectivity index (χ4n) is 2.77. The molecular formula is C17H12ClF2N5O. The number of halogens is 3. The molecule has 1 N–H and O–H groups in total. The Bertz CT molecular complexity index is 958. The van der Waals surface area contributed by atoms with Crippen molar-refractivity contribution in [2.24, 2.45) is 0 Å². The Morgan fingerprint density at radius 3 is 2.69 bits per heavy atom. The maximum atomic E-state index is 12.3. The van der Waals surface area contributed by atoms with E-state index in [2.05, 4.69) is 25.6 Å². The number of ether oxygens (including phenoxy) is 1. The number of benzene rings is 2. The third-order valence-electron chi connectivity index (χ3n) is 3.91. The second-order valence-corrected chi connectivity index (χ2v) is 5.99. The van der Waals surface area contributed by atoms with E-state index >= 15 is 0 Å². The normalized spacial score (nSPS) is 16.0. The average Bonchev–Trinajstić information content (AvgIpc) is 3.09. The molecule has 0 radical (unpaired) electrons. The van der Waals surface area contributed by atoms with E-state index in [1.807, 2.05) is 24.3 Å². The standard InChI is InChI=1S/C17H12ClF2N5O/c18-12-3-1-2-11(8-12)15-9-14(21-17-22-23-24-25(15)17)10-4-6-13(7-5-10)26-16(19)20/h1-9,15-16H,(H,21,22,24). The highest BCUT2D eigenvalue weighted by atomic mass is 35.5. The fourth-order valence-corrected chi connectivity index (χ4v) is 2.96. The Morgan fingerprint density at radius 1 is 1.15 bits per heavy atom. The summed E-state index contributed by atoms with van der Waals surface area (Å²) in [4.78, 5) is 0. The Balaban J connectivity index is 1.70. The first-order valence-electron chi connectivity index (χ1n) is 7.67. The van der Waals surface area contributed by atoms with Crippen molar-refractivity contribution in [3.8, 4) is 5.75 Å². The second-order valence-electron chi connectivity index (χ2n) is 5.56. The monoisotopic (exact) mass is 375 g/mol. The van der Waals surface area contributed by atoms with E-state index in [4.69, 9.17) is 11.6 Å². The molecule has 0 spiro atoms. The first kappa shape index (κ1) is 16.5. The van der Waals surface area contributed by atoms with Crippen molar-refractivity contribution in [3.63, 3.8) is 0 Å². The van der Waals surface area contributed by atoms with Crippen molar-refractivity contribution >= 4 is 23.2 Å². The number of allylic oxidation sites excluding steroid dienone is 1. The fraction of sp³-hybridized carbons (Fsp3) is 0.118. The quantitative estimate of drug-likeness (QED) is 0.747. The highest BCUT2D eigenvalue weighted by Crippen LogP contribution is 2.32. The molecule has 132 valence electrons. The zero-order valence-corrected chi connectivity index (χ0v) is 13.9. The van der Waals surface area contributed by atoms with Gasteiger partial charge < -0.3 is 10.1 Å². The van der Waals surface area contributed by atoms with Crippen molar-refractivity contribution in [1.82, 2.24) is 20.2 Å². The van der Waals surface area contributed by atoms with Crippen molar-refractivity contribution < 1.29 is 13.5 Å². The summed E-state index contributed by atoms with van der Waals surface area (Å²) in [6, 6.07) is 13.5. The zero-order chi connectivity index (χ0) is 18.1. The van der Waals surface area contributed by atoms with Crippen molar-refractivity contribution in [2.45, 2.75) is 12.7 Å². The van der Waals surface area contributed by atoms with Crippen LogP contribution in [0.2, 0.25) is 5.02 Å². The minimum absolute atomic E-state index is 0.0939. The van der Waals surface area contributed by atoms with Crippen LogP contribution in [-0.4, -0.2) is 26.8 Å². The van der Waals surface area contributed by atoms with E-state index < -0.39 is 6.61 Å². The van der Waals surface area contributed by atoms with E-state index in [0.717, 1.165) is 16.8 Å². The summed E-state index contributed by atoms with van der Waals surface area (Å²) in [5, 5.41) is 15.5. The lowest BCUT2D eigenvalue weighted by Crippen LogP contribution is -2.20. The Hall–Kier alpha value is -3.00. The summed E-state index contributed by atoms with van der Waals surface area (Å²) in [6.45, 7) is -2.86. The topological polar surface area (TPSA) is 64.9 Å². The van der Waals surface area contributed by atoms with Gasteiger partial charge in [-0.3, -0.25) is 0 Å². The second kappa shape index (κ2) is 6.72. The van der Waals surface area contributed by atoms with Crippen LogP contribution in [0, 0.1) is 0 Å². The first-order chi connectivity index (χ1) is 12.6. The molecule has 0 fully saturated rings. The lowest BCUT2D eigenvalue weighted by Gasteiger charge is -2.23. The van der Waals surface area contributed by atoms with Crippen LogP contribution in [0.3, 0.4) is 0 Å². The van der Waals surface area contributed by atoms with Crippen LogP contribution >= 0.6 is 11.6 Å². The van der Waals surface area contributed by atoms with Gasteiger partial charge in [0.15, 0.2) is 0 Å². The van der Waals surface area contributed by atoms with Gasteiger partial charge in [-0.2, -0.15) is 13.5 Å². The van der Waals surface area contributed by atoms with Gasteiger partial charge in [0.2, 0.25) is 5.95 Å². The van der Waals surface area contributed by atoms with E-state index in [1.54, 1.807) is 22.9 Å². The van der Waals surface area contributed by atoms with Crippen LogP contribution in [0.1, 0.15) is 17.2 Å². The van der Waals surface area contributed by atoms with E-state index in [0.29, 0.717) is 11.0 Å². The highest BCUT2D eigenvalue weighted by Gasteiger charge is 2.24. The van der Waals surface area contributed by atoms with Gasteiger partial charge in [0.25, 0.3) is 0 Å². The third kappa shape index (κ3) is 3.23. The number of hydrogen-bond donors (Lipinski definition) is 1. The molecule has 0 amide bonds. The summed E-state index contributed by atoms with van der Waals surface area (Å²) in [6.07, 6.45) is 1.94. The van der Waals surface area contributed by atoms with Crippen LogP contribution < -0.4 is 10.1 Å². The molecular weight excluding hydrogens is 364 g/mol. The third-order valence-corrected chi connectivity index (χ3v) is 4.14. The van der Waals surface area contributed by atoms with Gasteiger partial charge in [-0.05, 0) is 64.0 Å². The molecule has 1 aliphatic heterocycles. The first-order valence-corrected chi connectivity index (χ1v) is 8.05. The molecule has 9 heteroatoms. The molecule has 2 heterocycles. The average molecular weight is 376 g/mol. The van der Waals surface area contributed by atoms with E-state index in [9.17, 15) is 8.78 Å². The molecule has 0 bridgehead atoms. The molecule has 2 aromatic carbocycles. The maximum Gasteiger partial charge on any atom is 0.387 e. The van der Waals surface area contributed by atoms with Gasteiger partial charge in [0.1, 0.15) is 11.8 Å². The van der Waals surface area contributed by atoms with Crippen LogP contribution in [0.5, 0.6) is 5.75 Å². The van der Waals surface area contributed by atoms with Gasteiger partial charge in [0, 0.05) is 10.7 Å². The molecule has 0 saturated carbocycles. The molecule has 0 aliphatic carbocycles. The van der Waals surface area contributed by atoms with Crippen molar-refractivity contribution in [3.05, 3.63) is 70.8 Å². The van der Waals surface area contributed by atoms with Crippen LogP contribution in [0.4, 0.5) is 14.7 Å².